The van der Waals surface area contributed by atoms with Crippen LogP contribution in [0.3, 0.4) is 0 Å². The fourth-order valence-corrected chi connectivity index (χ4v) is 3.55. The van der Waals surface area contributed by atoms with Crippen LogP contribution in [0.5, 0.6) is 0 Å². The van der Waals surface area contributed by atoms with E-state index in [0.29, 0.717) is 0 Å². The van der Waals surface area contributed by atoms with Crippen LogP contribution in [0, 0.1) is 18.8 Å². The Balaban J connectivity index is 2.71. The average molecular weight is 282 g/mol. The van der Waals surface area contributed by atoms with Crippen LogP contribution in [0.1, 0.15) is 43.0 Å². The lowest BCUT2D eigenvalue weighted by atomic mass is 10.1. The molecule has 0 unspecified atom stereocenters. The van der Waals surface area contributed by atoms with E-state index < -0.39 is 0 Å². The summed E-state index contributed by atoms with van der Waals surface area (Å²) < 4.78 is 0. The molecule has 0 aliphatic carbocycles. The maximum absolute atomic E-state index is 3.24. The molecule has 0 radical (unpaired) electrons. The molecular formula is C16H30N2S. The summed E-state index contributed by atoms with van der Waals surface area (Å²) >= 11 is 1.93. The molecule has 1 heterocycles. The highest BCUT2D eigenvalue weighted by Crippen LogP contribution is 2.23. The lowest BCUT2D eigenvalue weighted by Crippen LogP contribution is -2.31. The quantitative estimate of drug-likeness (QED) is 0.778. The van der Waals surface area contributed by atoms with Gasteiger partial charge < -0.3 is 5.32 Å². The van der Waals surface area contributed by atoms with Gasteiger partial charge in [0.25, 0.3) is 0 Å². The van der Waals surface area contributed by atoms with Gasteiger partial charge in [-0.15, -0.1) is 11.3 Å². The van der Waals surface area contributed by atoms with E-state index in [4.69, 9.17) is 0 Å². The van der Waals surface area contributed by atoms with Crippen molar-refractivity contribution in [3.63, 3.8) is 0 Å². The third-order valence-electron chi connectivity index (χ3n) is 3.06. The van der Waals surface area contributed by atoms with Crippen molar-refractivity contribution >= 4 is 11.3 Å². The highest BCUT2D eigenvalue weighted by molar-refractivity contribution is 7.12. The molecule has 0 saturated heterocycles. The molecule has 110 valence electrons. The van der Waals surface area contributed by atoms with Crippen LogP contribution < -0.4 is 5.32 Å². The Hall–Kier alpha value is -0.380. The Morgan fingerprint density at radius 1 is 1.16 bits per heavy atom. The van der Waals surface area contributed by atoms with Gasteiger partial charge in [0, 0.05) is 35.9 Å². The van der Waals surface area contributed by atoms with E-state index in [1.807, 2.05) is 18.4 Å². The lowest BCUT2D eigenvalue weighted by Gasteiger charge is -2.26. The average Bonchev–Trinajstić information content (AvgIpc) is 2.57. The van der Waals surface area contributed by atoms with Gasteiger partial charge in [0.2, 0.25) is 0 Å². The van der Waals surface area contributed by atoms with Gasteiger partial charge in [0.05, 0.1) is 0 Å². The Bertz CT molecular complexity index is 359. The predicted octanol–water partition coefficient (Wildman–Crippen LogP) is 3.89. The summed E-state index contributed by atoms with van der Waals surface area (Å²) in [4.78, 5) is 5.53. The van der Waals surface area contributed by atoms with Crippen LogP contribution in [0.2, 0.25) is 0 Å². The molecule has 0 spiro atoms. The van der Waals surface area contributed by atoms with Crippen molar-refractivity contribution in [3.05, 3.63) is 21.4 Å². The third-order valence-corrected chi connectivity index (χ3v) is 4.16. The number of hydrogen-bond acceptors (Lipinski definition) is 3. The molecule has 1 aromatic rings. The van der Waals surface area contributed by atoms with E-state index in [-0.39, 0.29) is 0 Å². The van der Waals surface area contributed by atoms with Gasteiger partial charge in [0.15, 0.2) is 0 Å². The number of hydrogen-bond donors (Lipinski definition) is 1. The number of thiophene rings is 1. The topological polar surface area (TPSA) is 15.3 Å². The molecule has 1 aromatic heterocycles. The van der Waals surface area contributed by atoms with E-state index in [0.717, 1.165) is 24.9 Å². The number of rotatable bonds is 8. The Labute approximate surface area is 123 Å². The van der Waals surface area contributed by atoms with Gasteiger partial charge in [-0.3, -0.25) is 4.90 Å². The van der Waals surface area contributed by atoms with Crippen molar-refractivity contribution in [1.29, 1.82) is 0 Å². The largest absolute Gasteiger partial charge is 0.315 e. The molecule has 0 atom stereocenters. The van der Waals surface area contributed by atoms with Gasteiger partial charge in [-0.25, -0.2) is 0 Å². The van der Waals surface area contributed by atoms with E-state index >= 15 is 0 Å². The van der Waals surface area contributed by atoms with Crippen LogP contribution in [-0.2, 0) is 13.1 Å². The Morgan fingerprint density at radius 3 is 2.21 bits per heavy atom. The van der Waals surface area contributed by atoms with Crippen molar-refractivity contribution in [3.8, 4) is 0 Å². The normalized spacial score (nSPS) is 12.1. The van der Waals surface area contributed by atoms with Gasteiger partial charge in [-0.05, 0) is 37.4 Å². The first kappa shape index (κ1) is 16.7. The molecule has 0 aliphatic heterocycles. The summed E-state index contributed by atoms with van der Waals surface area (Å²) in [7, 11) is 2.01. The monoisotopic (exact) mass is 282 g/mol. The molecule has 1 rings (SSSR count). The van der Waals surface area contributed by atoms with E-state index in [1.54, 1.807) is 0 Å². The Morgan fingerprint density at radius 2 is 1.74 bits per heavy atom. The fraction of sp³-hybridized carbons (Fsp3) is 0.750. The SMILES string of the molecule is CNCc1cc(CN(CC(C)C)CC(C)C)c(C)s1. The van der Waals surface area contributed by atoms with Gasteiger partial charge >= 0.3 is 0 Å². The smallest absolute Gasteiger partial charge is 0.0296 e. The van der Waals surface area contributed by atoms with Gasteiger partial charge in [-0.2, -0.15) is 0 Å². The summed E-state index contributed by atoms with van der Waals surface area (Å²) in [5.41, 5.74) is 1.51. The maximum atomic E-state index is 3.24. The molecule has 0 fully saturated rings. The predicted molar refractivity (Wildman–Crippen MR) is 86.8 cm³/mol. The molecule has 19 heavy (non-hydrogen) atoms. The van der Waals surface area contributed by atoms with E-state index in [2.05, 4.69) is 50.9 Å². The summed E-state index contributed by atoms with van der Waals surface area (Å²) in [6.07, 6.45) is 0. The molecule has 0 amide bonds. The van der Waals surface area contributed by atoms with E-state index in [1.165, 1.54) is 28.4 Å². The first-order chi connectivity index (χ1) is 8.92. The molecule has 0 bridgehead atoms. The van der Waals surface area contributed by atoms with Crippen molar-refractivity contribution < 1.29 is 0 Å². The highest BCUT2D eigenvalue weighted by atomic mass is 32.1. The molecule has 3 heteroatoms. The molecule has 0 aliphatic rings. The summed E-state index contributed by atoms with van der Waals surface area (Å²) in [5, 5.41) is 3.24. The minimum Gasteiger partial charge on any atom is -0.315 e. The minimum absolute atomic E-state index is 0.731. The molecule has 0 aromatic carbocycles. The van der Waals surface area contributed by atoms with E-state index in [9.17, 15) is 0 Å². The number of aryl methyl sites for hydroxylation is 1. The second kappa shape index (κ2) is 8.03. The van der Waals surface area contributed by atoms with Crippen molar-refractivity contribution in [2.45, 2.75) is 47.7 Å². The second-order valence-electron chi connectivity index (χ2n) is 6.31. The fourth-order valence-electron chi connectivity index (χ4n) is 2.48. The standard InChI is InChI=1S/C16H30N2S/c1-12(2)9-18(10-13(3)4)11-15-7-16(8-17-6)19-14(15)5/h7,12-13,17H,8-11H2,1-6H3. The van der Waals surface area contributed by atoms with Gasteiger partial charge in [-0.1, -0.05) is 27.7 Å². The first-order valence-electron chi connectivity index (χ1n) is 7.37. The summed E-state index contributed by atoms with van der Waals surface area (Å²) in [6, 6.07) is 2.38. The Kier molecular flexibility index (Phi) is 7.05. The zero-order valence-electron chi connectivity index (χ0n) is 13.4. The highest BCUT2D eigenvalue weighted by Gasteiger charge is 2.13. The molecule has 1 N–H and O–H groups in total. The first-order valence-corrected chi connectivity index (χ1v) is 8.19. The van der Waals surface area contributed by atoms with Crippen molar-refractivity contribution in [2.75, 3.05) is 20.1 Å². The molecule has 0 saturated carbocycles. The van der Waals surface area contributed by atoms with Crippen LogP contribution >= 0.6 is 11.3 Å². The molecule has 2 nitrogen and oxygen atoms in total. The summed E-state index contributed by atoms with van der Waals surface area (Å²) in [5.74, 6) is 1.46. The number of nitrogens with zero attached hydrogens (tertiary/aromatic N) is 1. The van der Waals surface area contributed by atoms with Crippen LogP contribution in [-0.4, -0.2) is 25.0 Å². The second-order valence-corrected chi connectivity index (χ2v) is 7.65. The van der Waals surface area contributed by atoms with Crippen LogP contribution in [0.25, 0.3) is 0 Å². The molecular weight excluding hydrogens is 252 g/mol. The maximum Gasteiger partial charge on any atom is 0.0296 e. The van der Waals surface area contributed by atoms with Crippen LogP contribution in [0.15, 0.2) is 6.07 Å². The third kappa shape index (κ3) is 6.07. The number of nitrogens with one attached hydrogen (secondary N) is 1. The van der Waals surface area contributed by atoms with Gasteiger partial charge in [0.1, 0.15) is 0 Å². The zero-order chi connectivity index (χ0) is 14.4. The summed E-state index contributed by atoms with van der Waals surface area (Å²) in [6.45, 7) is 15.9. The minimum atomic E-state index is 0.731. The van der Waals surface area contributed by atoms with Crippen molar-refractivity contribution in [2.24, 2.45) is 11.8 Å². The lowest BCUT2D eigenvalue weighted by molar-refractivity contribution is 0.211. The van der Waals surface area contributed by atoms with Crippen molar-refractivity contribution in [1.82, 2.24) is 10.2 Å². The van der Waals surface area contributed by atoms with Crippen LogP contribution in [0.4, 0.5) is 0 Å². The zero-order valence-corrected chi connectivity index (χ0v) is 14.2.